The third-order valence-corrected chi connectivity index (χ3v) is 3.17. The molecule has 0 aliphatic carbocycles. The van der Waals surface area contributed by atoms with E-state index in [9.17, 15) is 4.79 Å². The summed E-state index contributed by atoms with van der Waals surface area (Å²) in [6.45, 7) is 5.81. The zero-order valence-electron chi connectivity index (χ0n) is 12.0. The Balaban J connectivity index is 1.74. The van der Waals surface area contributed by atoms with Crippen molar-refractivity contribution in [1.29, 1.82) is 0 Å². The van der Waals surface area contributed by atoms with Gasteiger partial charge < -0.3 is 20.1 Å². The number of nitrogens with one attached hydrogen (secondary N) is 2. The smallest absolute Gasteiger partial charge is 0.253 e. The van der Waals surface area contributed by atoms with Crippen molar-refractivity contribution in [2.45, 2.75) is 32.2 Å². The Morgan fingerprint density at radius 2 is 2.20 bits per heavy atom. The lowest BCUT2D eigenvalue weighted by Gasteiger charge is -2.29. The van der Waals surface area contributed by atoms with Crippen molar-refractivity contribution in [2.24, 2.45) is 0 Å². The number of anilines is 1. The van der Waals surface area contributed by atoms with Crippen LogP contribution in [-0.2, 0) is 14.3 Å². The van der Waals surface area contributed by atoms with Gasteiger partial charge in [0.2, 0.25) is 0 Å². The van der Waals surface area contributed by atoms with Crippen LogP contribution < -0.4 is 10.6 Å². The molecule has 1 aliphatic rings. The molecule has 1 aromatic rings. The van der Waals surface area contributed by atoms with E-state index in [1.807, 2.05) is 37.3 Å². The molecule has 5 heteroatoms. The van der Waals surface area contributed by atoms with Gasteiger partial charge in [0.1, 0.15) is 6.10 Å². The van der Waals surface area contributed by atoms with Gasteiger partial charge in [-0.15, -0.1) is 0 Å². The summed E-state index contributed by atoms with van der Waals surface area (Å²) in [6.07, 6.45) is -0.312. The number of carbonyl (C=O) groups is 1. The van der Waals surface area contributed by atoms with Gasteiger partial charge in [-0.05, 0) is 26.0 Å². The van der Waals surface area contributed by atoms with Crippen LogP contribution in [0.3, 0.4) is 0 Å². The Hall–Kier alpha value is -1.43. The number of hydrogen-bond acceptors (Lipinski definition) is 4. The second-order valence-corrected chi connectivity index (χ2v) is 5.06. The van der Waals surface area contributed by atoms with Crippen molar-refractivity contribution in [2.75, 3.05) is 25.0 Å². The molecule has 3 unspecified atom stereocenters. The highest BCUT2D eigenvalue weighted by Crippen LogP contribution is 2.08. The van der Waals surface area contributed by atoms with Crippen LogP contribution >= 0.6 is 0 Å². The minimum absolute atomic E-state index is 0.00530. The second kappa shape index (κ2) is 7.38. The van der Waals surface area contributed by atoms with Crippen LogP contribution in [-0.4, -0.2) is 43.9 Å². The topological polar surface area (TPSA) is 59.6 Å². The molecule has 2 rings (SSSR count). The van der Waals surface area contributed by atoms with Crippen molar-refractivity contribution in [1.82, 2.24) is 5.32 Å². The molecule has 1 aromatic carbocycles. The van der Waals surface area contributed by atoms with Crippen LogP contribution in [0.25, 0.3) is 0 Å². The average molecular weight is 278 g/mol. The maximum Gasteiger partial charge on any atom is 0.253 e. The molecule has 2 N–H and O–H groups in total. The largest absolute Gasteiger partial charge is 0.370 e. The maximum absolute atomic E-state index is 12.0. The summed E-state index contributed by atoms with van der Waals surface area (Å²) in [4.78, 5) is 12.0. The summed E-state index contributed by atoms with van der Waals surface area (Å²) in [6, 6.07) is 9.36. The molecule has 3 atom stereocenters. The summed E-state index contributed by atoms with van der Waals surface area (Å²) < 4.78 is 11.3. The molecule has 0 spiro atoms. The van der Waals surface area contributed by atoms with E-state index < -0.39 is 6.10 Å². The predicted molar refractivity (Wildman–Crippen MR) is 77.7 cm³/mol. The quantitative estimate of drug-likeness (QED) is 0.855. The van der Waals surface area contributed by atoms with Gasteiger partial charge in [0.25, 0.3) is 5.91 Å². The highest BCUT2D eigenvalue weighted by molar-refractivity contribution is 5.93. The molecule has 1 heterocycles. The fraction of sp³-hybridized carbons (Fsp3) is 0.533. The Morgan fingerprint density at radius 1 is 1.45 bits per heavy atom. The lowest BCUT2D eigenvalue weighted by atomic mass is 10.2. The monoisotopic (exact) mass is 278 g/mol. The van der Waals surface area contributed by atoms with E-state index in [2.05, 4.69) is 10.6 Å². The van der Waals surface area contributed by atoms with Gasteiger partial charge in [-0.25, -0.2) is 0 Å². The fourth-order valence-electron chi connectivity index (χ4n) is 2.06. The summed E-state index contributed by atoms with van der Waals surface area (Å²) in [5, 5.41) is 6.09. The fourth-order valence-corrected chi connectivity index (χ4v) is 2.06. The molecule has 1 saturated heterocycles. The van der Waals surface area contributed by atoms with Gasteiger partial charge in [-0.1, -0.05) is 18.2 Å². The summed E-state index contributed by atoms with van der Waals surface area (Å²) in [5.41, 5.74) is 0.775. The van der Waals surface area contributed by atoms with Crippen molar-refractivity contribution in [3.63, 3.8) is 0 Å². The van der Waals surface area contributed by atoms with Crippen LogP contribution in [0.1, 0.15) is 13.8 Å². The molecule has 0 bridgehead atoms. The zero-order valence-corrected chi connectivity index (χ0v) is 12.0. The van der Waals surface area contributed by atoms with E-state index >= 15 is 0 Å². The first kappa shape index (κ1) is 15.0. The Morgan fingerprint density at radius 3 is 2.90 bits per heavy atom. The van der Waals surface area contributed by atoms with E-state index in [1.54, 1.807) is 6.92 Å². The normalized spacial score (nSPS) is 24.1. The van der Waals surface area contributed by atoms with Gasteiger partial charge in [0.05, 0.1) is 18.8 Å². The van der Waals surface area contributed by atoms with Gasteiger partial charge in [0, 0.05) is 18.8 Å². The third-order valence-electron chi connectivity index (χ3n) is 3.17. The Labute approximate surface area is 119 Å². The van der Waals surface area contributed by atoms with E-state index in [0.717, 1.165) is 18.8 Å². The lowest BCUT2D eigenvalue weighted by Crippen LogP contribution is -2.46. The van der Waals surface area contributed by atoms with Crippen molar-refractivity contribution >= 4 is 11.6 Å². The van der Waals surface area contributed by atoms with Crippen LogP contribution in [0.5, 0.6) is 0 Å². The number of ether oxygens (including phenoxy) is 2. The highest BCUT2D eigenvalue weighted by Gasteiger charge is 2.21. The number of hydrogen-bond donors (Lipinski definition) is 2. The predicted octanol–water partition coefficient (Wildman–Crippen LogP) is 1.41. The molecule has 0 aromatic heterocycles. The number of carbonyl (C=O) groups excluding carboxylic acids is 1. The third kappa shape index (κ3) is 4.59. The average Bonchev–Trinajstić information content (AvgIpc) is 2.46. The first-order chi connectivity index (χ1) is 9.65. The molecule has 1 aliphatic heterocycles. The van der Waals surface area contributed by atoms with Gasteiger partial charge in [-0.3, -0.25) is 4.79 Å². The van der Waals surface area contributed by atoms with E-state index in [4.69, 9.17) is 9.47 Å². The number of morpholine rings is 1. The van der Waals surface area contributed by atoms with Crippen LogP contribution in [0, 0.1) is 0 Å². The van der Waals surface area contributed by atoms with Gasteiger partial charge in [0.15, 0.2) is 0 Å². The van der Waals surface area contributed by atoms with Gasteiger partial charge >= 0.3 is 0 Å². The van der Waals surface area contributed by atoms with Crippen LogP contribution in [0.4, 0.5) is 5.69 Å². The Bertz CT molecular complexity index is 424. The first-order valence-corrected chi connectivity index (χ1v) is 6.99. The van der Waals surface area contributed by atoms with Crippen molar-refractivity contribution in [3.05, 3.63) is 30.3 Å². The molecule has 1 fully saturated rings. The number of amides is 1. The molecule has 20 heavy (non-hydrogen) atoms. The van der Waals surface area contributed by atoms with Crippen molar-refractivity contribution in [3.8, 4) is 0 Å². The first-order valence-electron chi connectivity index (χ1n) is 6.99. The van der Waals surface area contributed by atoms with E-state index in [0.29, 0.717) is 6.61 Å². The minimum atomic E-state index is -0.504. The van der Waals surface area contributed by atoms with Crippen LogP contribution in [0.15, 0.2) is 30.3 Å². The summed E-state index contributed by atoms with van der Waals surface area (Å²) in [7, 11) is 0. The number of benzene rings is 1. The van der Waals surface area contributed by atoms with Crippen LogP contribution in [0.2, 0.25) is 0 Å². The number of rotatable bonds is 5. The standard InChI is InChI=1S/C15H22N2O3/c1-11-8-16-9-14(20-11)10-19-12(2)15(18)17-13-6-4-3-5-7-13/h3-7,11-12,14,16H,8-10H2,1-2H3,(H,17,18). The lowest BCUT2D eigenvalue weighted by molar-refractivity contribution is -0.131. The molecule has 0 radical (unpaired) electrons. The molecular weight excluding hydrogens is 256 g/mol. The molecular formula is C15H22N2O3. The minimum Gasteiger partial charge on any atom is -0.370 e. The maximum atomic E-state index is 12.0. The van der Waals surface area contributed by atoms with Gasteiger partial charge in [-0.2, -0.15) is 0 Å². The highest BCUT2D eigenvalue weighted by atomic mass is 16.5. The second-order valence-electron chi connectivity index (χ2n) is 5.06. The van der Waals surface area contributed by atoms with E-state index in [1.165, 1.54) is 0 Å². The Kier molecular flexibility index (Phi) is 5.52. The summed E-state index contributed by atoms with van der Waals surface area (Å²) >= 11 is 0. The van der Waals surface area contributed by atoms with E-state index in [-0.39, 0.29) is 18.1 Å². The molecule has 1 amide bonds. The van der Waals surface area contributed by atoms with Crippen molar-refractivity contribution < 1.29 is 14.3 Å². The summed E-state index contributed by atoms with van der Waals surface area (Å²) in [5.74, 6) is -0.145. The SMILES string of the molecule is CC1CNCC(COC(C)C(=O)Nc2ccccc2)O1. The number of para-hydroxylation sites is 1. The molecule has 0 saturated carbocycles. The molecule has 110 valence electrons. The zero-order chi connectivity index (χ0) is 14.4. The molecule has 5 nitrogen and oxygen atoms in total.